The lowest BCUT2D eigenvalue weighted by Crippen LogP contribution is -2.06. The molecule has 0 aliphatic rings. The highest BCUT2D eigenvalue weighted by Crippen LogP contribution is 2.16. The molecule has 0 bridgehead atoms. The topological polar surface area (TPSA) is 47.0 Å². The number of ether oxygens (including phenoxy) is 1. The number of benzene rings is 1. The third kappa shape index (κ3) is 4.14. The minimum Gasteiger partial charge on any atom is -0.377 e. The normalized spacial score (nSPS) is 10.4. The van der Waals surface area contributed by atoms with Crippen molar-refractivity contribution < 1.29 is 4.74 Å². The second kappa shape index (κ2) is 7.40. The van der Waals surface area contributed by atoms with Crippen molar-refractivity contribution in [3.05, 3.63) is 51.5 Å². The molecule has 2 rings (SSSR count). The lowest BCUT2D eigenvalue weighted by atomic mass is 10.1. The number of nitrogens with one attached hydrogen (secondary N) is 1. The summed E-state index contributed by atoms with van der Waals surface area (Å²) < 4.78 is 6.50. The molecule has 1 heterocycles. The summed E-state index contributed by atoms with van der Waals surface area (Å²) in [6.45, 7) is 4.11. The van der Waals surface area contributed by atoms with Gasteiger partial charge in [-0.1, -0.05) is 24.3 Å². The fourth-order valence-electron chi connectivity index (χ4n) is 1.70. The van der Waals surface area contributed by atoms with E-state index in [0.29, 0.717) is 6.61 Å². The Morgan fingerprint density at radius 1 is 1.26 bits per heavy atom. The first-order chi connectivity index (χ1) is 9.31. The molecule has 5 heteroatoms. The lowest BCUT2D eigenvalue weighted by molar-refractivity contribution is 0.133. The Balaban J connectivity index is 2.05. The van der Waals surface area contributed by atoms with Gasteiger partial charge >= 0.3 is 0 Å². The molecule has 0 amide bonds. The van der Waals surface area contributed by atoms with E-state index in [4.69, 9.17) is 4.74 Å². The average molecular weight is 369 g/mol. The SMILES string of the molecule is CCOCc1ccccc1CNc1ncncc1I. The maximum absolute atomic E-state index is 5.48. The van der Waals surface area contributed by atoms with E-state index in [1.807, 2.05) is 19.1 Å². The average Bonchev–Trinajstić information content (AvgIpc) is 2.45. The third-order valence-electron chi connectivity index (χ3n) is 2.69. The molecule has 0 unspecified atom stereocenters. The molecule has 100 valence electrons. The van der Waals surface area contributed by atoms with Crippen LogP contribution < -0.4 is 5.32 Å². The van der Waals surface area contributed by atoms with Crippen molar-refractivity contribution in [2.45, 2.75) is 20.1 Å². The molecule has 1 aromatic carbocycles. The summed E-state index contributed by atoms with van der Waals surface area (Å²) in [7, 11) is 0. The molecule has 0 aliphatic carbocycles. The van der Waals surface area contributed by atoms with E-state index in [1.165, 1.54) is 11.1 Å². The van der Waals surface area contributed by atoms with Crippen LogP contribution in [0.15, 0.2) is 36.8 Å². The Morgan fingerprint density at radius 3 is 2.79 bits per heavy atom. The molecule has 19 heavy (non-hydrogen) atoms. The van der Waals surface area contributed by atoms with Crippen LogP contribution in [0.4, 0.5) is 5.82 Å². The van der Waals surface area contributed by atoms with E-state index in [0.717, 1.165) is 22.5 Å². The summed E-state index contributed by atoms with van der Waals surface area (Å²) in [6.07, 6.45) is 3.35. The van der Waals surface area contributed by atoms with Crippen molar-refractivity contribution in [2.24, 2.45) is 0 Å². The molecule has 0 aliphatic heterocycles. The Hall–Kier alpha value is -1.21. The maximum Gasteiger partial charge on any atom is 0.143 e. The van der Waals surface area contributed by atoms with Gasteiger partial charge in [-0.3, -0.25) is 0 Å². The second-order valence-corrected chi connectivity index (χ2v) is 5.14. The molecule has 1 aromatic heterocycles. The van der Waals surface area contributed by atoms with E-state index in [2.05, 4.69) is 50.0 Å². The third-order valence-corrected chi connectivity index (χ3v) is 3.48. The zero-order chi connectivity index (χ0) is 13.5. The zero-order valence-corrected chi connectivity index (χ0v) is 12.9. The molecule has 0 radical (unpaired) electrons. The van der Waals surface area contributed by atoms with Gasteiger partial charge in [-0.2, -0.15) is 0 Å². The highest BCUT2D eigenvalue weighted by atomic mass is 127. The molecule has 0 saturated heterocycles. The summed E-state index contributed by atoms with van der Waals surface area (Å²) >= 11 is 2.22. The van der Waals surface area contributed by atoms with E-state index >= 15 is 0 Å². The van der Waals surface area contributed by atoms with Crippen molar-refractivity contribution >= 4 is 28.4 Å². The van der Waals surface area contributed by atoms with Gasteiger partial charge in [0.1, 0.15) is 12.1 Å². The van der Waals surface area contributed by atoms with Gasteiger partial charge in [0.25, 0.3) is 0 Å². The number of hydrogen-bond donors (Lipinski definition) is 1. The molecule has 2 aromatic rings. The van der Waals surface area contributed by atoms with Crippen molar-refractivity contribution in [1.82, 2.24) is 9.97 Å². The highest BCUT2D eigenvalue weighted by molar-refractivity contribution is 14.1. The molecular formula is C14H16IN3O. The van der Waals surface area contributed by atoms with Gasteiger partial charge in [0.05, 0.1) is 10.2 Å². The number of nitrogens with zero attached hydrogens (tertiary/aromatic N) is 2. The fraction of sp³-hybridized carbons (Fsp3) is 0.286. The molecule has 0 fully saturated rings. The Morgan fingerprint density at radius 2 is 2.05 bits per heavy atom. The van der Waals surface area contributed by atoms with Crippen molar-refractivity contribution in [3.63, 3.8) is 0 Å². The highest BCUT2D eigenvalue weighted by Gasteiger charge is 2.04. The van der Waals surface area contributed by atoms with Crippen molar-refractivity contribution in [1.29, 1.82) is 0 Å². The summed E-state index contributed by atoms with van der Waals surface area (Å²) in [5, 5.41) is 3.33. The van der Waals surface area contributed by atoms with Gasteiger partial charge in [0, 0.05) is 19.3 Å². The molecule has 0 atom stereocenters. The quantitative estimate of drug-likeness (QED) is 0.795. The van der Waals surface area contributed by atoms with Crippen LogP contribution in [0.3, 0.4) is 0 Å². The summed E-state index contributed by atoms with van der Waals surface area (Å²) in [5.74, 6) is 0.863. The number of halogens is 1. The minimum atomic E-state index is 0.648. The number of hydrogen-bond acceptors (Lipinski definition) is 4. The molecular weight excluding hydrogens is 353 g/mol. The zero-order valence-electron chi connectivity index (χ0n) is 10.8. The predicted molar refractivity (Wildman–Crippen MR) is 83.8 cm³/mol. The van der Waals surface area contributed by atoms with Crippen LogP contribution in [0, 0.1) is 3.57 Å². The summed E-state index contributed by atoms with van der Waals surface area (Å²) in [4.78, 5) is 8.20. The number of rotatable bonds is 6. The van der Waals surface area contributed by atoms with Gasteiger partial charge in [0.15, 0.2) is 0 Å². The van der Waals surface area contributed by atoms with E-state index in [-0.39, 0.29) is 0 Å². The van der Waals surface area contributed by atoms with Gasteiger partial charge in [-0.05, 0) is 40.6 Å². The van der Waals surface area contributed by atoms with Crippen LogP contribution in [0.5, 0.6) is 0 Å². The van der Waals surface area contributed by atoms with Gasteiger partial charge in [-0.15, -0.1) is 0 Å². The van der Waals surface area contributed by atoms with Crippen LogP contribution in [-0.2, 0) is 17.9 Å². The van der Waals surface area contributed by atoms with Gasteiger partial charge < -0.3 is 10.1 Å². The minimum absolute atomic E-state index is 0.648. The van der Waals surface area contributed by atoms with Crippen LogP contribution >= 0.6 is 22.6 Å². The molecule has 1 N–H and O–H groups in total. The first-order valence-corrected chi connectivity index (χ1v) is 7.23. The monoisotopic (exact) mass is 369 g/mol. The first-order valence-electron chi connectivity index (χ1n) is 6.15. The van der Waals surface area contributed by atoms with Crippen molar-refractivity contribution in [2.75, 3.05) is 11.9 Å². The number of aromatic nitrogens is 2. The van der Waals surface area contributed by atoms with Crippen LogP contribution in [-0.4, -0.2) is 16.6 Å². The van der Waals surface area contributed by atoms with Crippen LogP contribution in [0.1, 0.15) is 18.1 Å². The van der Waals surface area contributed by atoms with Crippen molar-refractivity contribution in [3.8, 4) is 0 Å². The standard InChI is InChI=1S/C14H16IN3O/c1-2-19-9-12-6-4-3-5-11(12)7-17-14-13(15)8-16-10-18-14/h3-6,8,10H,2,7,9H2,1H3,(H,16,17,18). The van der Waals surface area contributed by atoms with Gasteiger partial charge in [-0.25, -0.2) is 9.97 Å². The molecule has 0 saturated carbocycles. The number of anilines is 1. The Labute approximate surface area is 126 Å². The largest absolute Gasteiger partial charge is 0.377 e. The second-order valence-electron chi connectivity index (χ2n) is 3.98. The Kier molecular flexibility index (Phi) is 5.53. The molecule has 4 nitrogen and oxygen atoms in total. The fourth-order valence-corrected chi connectivity index (χ4v) is 2.20. The molecule has 0 spiro atoms. The van der Waals surface area contributed by atoms with E-state index in [1.54, 1.807) is 12.5 Å². The van der Waals surface area contributed by atoms with Crippen LogP contribution in [0.2, 0.25) is 0 Å². The predicted octanol–water partition coefficient (Wildman–Crippen LogP) is 3.23. The first kappa shape index (κ1) is 14.2. The van der Waals surface area contributed by atoms with E-state index in [9.17, 15) is 0 Å². The van der Waals surface area contributed by atoms with E-state index < -0.39 is 0 Å². The Bertz CT molecular complexity index is 534. The van der Waals surface area contributed by atoms with Gasteiger partial charge in [0.2, 0.25) is 0 Å². The van der Waals surface area contributed by atoms with Crippen LogP contribution in [0.25, 0.3) is 0 Å². The summed E-state index contributed by atoms with van der Waals surface area (Å²) in [6, 6.07) is 8.27. The smallest absolute Gasteiger partial charge is 0.143 e. The summed E-state index contributed by atoms with van der Waals surface area (Å²) in [5.41, 5.74) is 2.44. The lowest BCUT2D eigenvalue weighted by Gasteiger charge is -2.11. The maximum atomic E-state index is 5.48.